The van der Waals surface area contributed by atoms with E-state index in [0.29, 0.717) is 31.5 Å². The van der Waals surface area contributed by atoms with Crippen LogP contribution in [0.5, 0.6) is 0 Å². The van der Waals surface area contributed by atoms with Crippen LogP contribution < -0.4 is 5.32 Å². The maximum atomic E-state index is 13.0. The van der Waals surface area contributed by atoms with Gasteiger partial charge >= 0.3 is 6.18 Å². The first-order valence-corrected chi connectivity index (χ1v) is 8.34. The summed E-state index contributed by atoms with van der Waals surface area (Å²) in [5.74, 6) is -0.497. The van der Waals surface area contributed by atoms with Crippen molar-refractivity contribution < 1.29 is 23.1 Å². The highest BCUT2D eigenvalue weighted by atomic mass is 35.5. The largest absolute Gasteiger partial charge is 0.417 e. The number of nitrogens with one attached hydrogen (secondary N) is 1. The molecule has 2 aromatic heterocycles. The van der Waals surface area contributed by atoms with Gasteiger partial charge in [-0.25, -0.2) is 4.98 Å². The first kappa shape index (κ1) is 19.5. The number of aliphatic hydroxyl groups is 1. The van der Waals surface area contributed by atoms with Crippen LogP contribution in [0.4, 0.5) is 13.2 Å². The van der Waals surface area contributed by atoms with Gasteiger partial charge < -0.3 is 10.4 Å². The molecule has 0 aliphatic rings. The predicted octanol–water partition coefficient (Wildman–Crippen LogP) is 3.46. The van der Waals surface area contributed by atoms with Crippen molar-refractivity contribution in [2.24, 2.45) is 0 Å². The van der Waals surface area contributed by atoms with Crippen molar-refractivity contribution in [2.45, 2.75) is 38.8 Å². The Morgan fingerprint density at radius 3 is 2.68 bits per heavy atom. The summed E-state index contributed by atoms with van der Waals surface area (Å²) < 4.78 is 40.2. The molecule has 138 valence electrons. The minimum atomic E-state index is -4.58. The van der Waals surface area contributed by atoms with Gasteiger partial charge in [0.2, 0.25) is 0 Å². The highest BCUT2D eigenvalue weighted by molar-refractivity contribution is 6.33. The summed E-state index contributed by atoms with van der Waals surface area (Å²) >= 11 is 5.94. The third-order valence-electron chi connectivity index (χ3n) is 3.75. The number of unbranched alkanes of at least 4 members (excludes halogenated alkanes) is 2. The Hall–Kier alpha value is -1.80. The van der Waals surface area contributed by atoms with Crippen LogP contribution in [0.1, 0.15) is 47.9 Å². The van der Waals surface area contributed by atoms with Gasteiger partial charge in [0.05, 0.1) is 16.3 Å². The van der Waals surface area contributed by atoms with Gasteiger partial charge in [-0.2, -0.15) is 13.2 Å². The molecule has 2 N–H and O–H groups in total. The van der Waals surface area contributed by atoms with Crippen LogP contribution in [-0.4, -0.2) is 33.6 Å². The fraction of sp³-hybridized carbons (Fsp3) is 0.500. The summed E-state index contributed by atoms with van der Waals surface area (Å²) in [7, 11) is 0. The molecule has 0 saturated carbocycles. The molecule has 2 aromatic rings. The van der Waals surface area contributed by atoms with Crippen molar-refractivity contribution in [3.05, 3.63) is 34.2 Å². The van der Waals surface area contributed by atoms with E-state index < -0.39 is 17.6 Å². The van der Waals surface area contributed by atoms with Gasteiger partial charge in [-0.15, -0.1) is 0 Å². The zero-order chi connectivity index (χ0) is 18.6. The number of rotatable bonds is 7. The van der Waals surface area contributed by atoms with Gasteiger partial charge in [0.25, 0.3) is 5.91 Å². The van der Waals surface area contributed by atoms with Crippen LogP contribution >= 0.6 is 11.6 Å². The van der Waals surface area contributed by atoms with E-state index in [0.717, 1.165) is 23.1 Å². The SMILES string of the molecule is CCc1nc2c(Cl)cc(C(F)(F)F)cn2c1C(=O)NCCCCCO. The summed E-state index contributed by atoms with van der Waals surface area (Å²) in [5.41, 5.74) is -0.374. The monoisotopic (exact) mass is 377 g/mol. The number of carbonyl (C=O) groups is 1. The Morgan fingerprint density at radius 1 is 1.36 bits per heavy atom. The van der Waals surface area contributed by atoms with Crippen molar-refractivity contribution in [3.63, 3.8) is 0 Å². The molecule has 25 heavy (non-hydrogen) atoms. The van der Waals surface area contributed by atoms with Crippen molar-refractivity contribution in [2.75, 3.05) is 13.2 Å². The average molecular weight is 378 g/mol. The normalized spacial score (nSPS) is 11.9. The van der Waals surface area contributed by atoms with Gasteiger partial charge in [0.15, 0.2) is 5.65 Å². The number of pyridine rings is 1. The van der Waals surface area contributed by atoms with Gasteiger partial charge in [-0.05, 0) is 31.7 Å². The molecule has 5 nitrogen and oxygen atoms in total. The number of carbonyl (C=O) groups excluding carboxylic acids is 1. The lowest BCUT2D eigenvalue weighted by Gasteiger charge is -2.10. The predicted molar refractivity (Wildman–Crippen MR) is 87.9 cm³/mol. The molecule has 0 aromatic carbocycles. The number of amides is 1. The number of aliphatic hydroxyl groups excluding tert-OH is 1. The lowest BCUT2D eigenvalue weighted by molar-refractivity contribution is -0.137. The smallest absolute Gasteiger partial charge is 0.396 e. The summed E-state index contributed by atoms with van der Waals surface area (Å²) in [6, 6.07) is 0.805. The summed E-state index contributed by atoms with van der Waals surface area (Å²) in [6.45, 7) is 2.21. The Balaban J connectivity index is 2.36. The fourth-order valence-corrected chi connectivity index (χ4v) is 2.74. The van der Waals surface area contributed by atoms with E-state index in [2.05, 4.69) is 10.3 Å². The van der Waals surface area contributed by atoms with Crippen molar-refractivity contribution >= 4 is 23.2 Å². The number of halogens is 4. The molecule has 0 spiro atoms. The lowest BCUT2D eigenvalue weighted by atomic mass is 10.2. The van der Waals surface area contributed by atoms with Crippen LogP contribution in [0.15, 0.2) is 12.3 Å². The number of imidazole rings is 1. The number of hydrogen-bond acceptors (Lipinski definition) is 3. The molecule has 0 aliphatic carbocycles. The molecule has 1 amide bonds. The number of alkyl halides is 3. The second kappa shape index (κ2) is 8.05. The second-order valence-electron chi connectivity index (χ2n) is 5.57. The minimum absolute atomic E-state index is 0.0626. The van der Waals surface area contributed by atoms with E-state index in [1.807, 2.05) is 0 Å². The van der Waals surface area contributed by atoms with Crippen LogP contribution in [-0.2, 0) is 12.6 Å². The number of aryl methyl sites for hydroxylation is 1. The molecule has 0 radical (unpaired) electrons. The molecule has 0 aliphatic heterocycles. The number of aromatic nitrogens is 2. The number of nitrogens with zero attached hydrogens (tertiary/aromatic N) is 2. The number of fused-ring (bicyclic) bond motifs is 1. The Morgan fingerprint density at radius 2 is 2.08 bits per heavy atom. The third-order valence-corrected chi connectivity index (χ3v) is 4.02. The maximum Gasteiger partial charge on any atom is 0.417 e. The standard InChI is InChI=1S/C16H19ClF3N3O2/c1-2-12-13(15(25)21-6-4-3-5-7-24)23-9-10(16(18,19)20)8-11(17)14(23)22-12/h8-9,24H,2-7H2,1H3,(H,21,25). The Labute approximate surface area is 147 Å². The van der Waals surface area contributed by atoms with Crippen LogP contribution in [0, 0.1) is 0 Å². The second-order valence-corrected chi connectivity index (χ2v) is 5.98. The molecule has 0 bridgehead atoms. The summed E-state index contributed by atoms with van der Waals surface area (Å²) in [6.07, 6.45) is -1.31. The van der Waals surface area contributed by atoms with Crippen molar-refractivity contribution in [1.82, 2.24) is 14.7 Å². The molecule has 2 heterocycles. The Kier molecular flexibility index (Phi) is 6.29. The molecule has 0 saturated heterocycles. The molecule has 0 unspecified atom stereocenters. The van der Waals surface area contributed by atoms with Gasteiger partial charge in [-0.3, -0.25) is 9.20 Å². The van der Waals surface area contributed by atoms with Crippen LogP contribution in [0.25, 0.3) is 5.65 Å². The summed E-state index contributed by atoms with van der Waals surface area (Å²) in [5, 5.41) is 11.2. The van der Waals surface area contributed by atoms with E-state index in [9.17, 15) is 18.0 Å². The average Bonchev–Trinajstić information content (AvgIpc) is 2.93. The van der Waals surface area contributed by atoms with Crippen molar-refractivity contribution in [3.8, 4) is 0 Å². The van der Waals surface area contributed by atoms with Gasteiger partial charge in [-0.1, -0.05) is 18.5 Å². The molecule has 2 rings (SSSR count). The minimum Gasteiger partial charge on any atom is -0.396 e. The summed E-state index contributed by atoms with van der Waals surface area (Å²) in [4.78, 5) is 16.7. The van der Waals surface area contributed by atoms with Crippen LogP contribution in [0.2, 0.25) is 5.02 Å². The molecular formula is C16H19ClF3N3O2. The van der Waals surface area contributed by atoms with E-state index >= 15 is 0 Å². The van der Waals surface area contributed by atoms with Gasteiger partial charge in [0, 0.05) is 19.3 Å². The maximum absolute atomic E-state index is 13.0. The molecule has 0 atom stereocenters. The van der Waals surface area contributed by atoms with Gasteiger partial charge in [0.1, 0.15) is 5.69 Å². The zero-order valence-electron chi connectivity index (χ0n) is 13.7. The topological polar surface area (TPSA) is 66.6 Å². The highest BCUT2D eigenvalue weighted by Crippen LogP contribution is 2.33. The lowest BCUT2D eigenvalue weighted by Crippen LogP contribution is -2.27. The molecule has 9 heteroatoms. The fourth-order valence-electron chi connectivity index (χ4n) is 2.49. The molecular weight excluding hydrogens is 359 g/mol. The Bertz CT molecular complexity index is 759. The van der Waals surface area contributed by atoms with E-state index in [1.54, 1.807) is 6.92 Å². The van der Waals surface area contributed by atoms with Crippen LogP contribution in [0.3, 0.4) is 0 Å². The first-order valence-electron chi connectivity index (χ1n) is 7.96. The number of hydrogen-bond donors (Lipinski definition) is 2. The highest BCUT2D eigenvalue weighted by Gasteiger charge is 2.33. The zero-order valence-corrected chi connectivity index (χ0v) is 14.4. The van der Waals surface area contributed by atoms with E-state index in [-0.39, 0.29) is 23.0 Å². The third kappa shape index (κ3) is 4.43. The van der Waals surface area contributed by atoms with E-state index in [4.69, 9.17) is 16.7 Å². The molecule has 0 fully saturated rings. The van der Waals surface area contributed by atoms with E-state index in [1.165, 1.54) is 0 Å². The first-order chi connectivity index (χ1) is 11.8. The quantitative estimate of drug-likeness (QED) is 0.726. The van der Waals surface area contributed by atoms with Crippen molar-refractivity contribution in [1.29, 1.82) is 0 Å².